The number of hydrogen-bond donors (Lipinski definition) is 3. The number of alkyl halides is 2. The fourth-order valence-electron chi connectivity index (χ4n) is 1.79. The third kappa shape index (κ3) is 7.58. The Morgan fingerprint density at radius 2 is 1.37 bits per heavy atom. The molecular weight excluding hydrogens is 462 g/mol. The summed E-state index contributed by atoms with van der Waals surface area (Å²) in [7, 11) is -9.72. The number of rotatable bonds is 9. The van der Waals surface area contributed by atoms with Crippen molar-refractivity contribution in [1.82, 2.24) is 0 Å². The van der Waals surface area contributed by atoms with E-state index in [0.29, 0.717) is 6.26 Å². The van der Waals surface area contributed by atoms with Gasteiger partial charge in [-0.05, 0) is 23.2 Å². The maximum atomic E-state index is 14.9. The molecule has 0 aromatic heterocycles. The lowest BCUT2D eigenvalue weighted by Gasteiger charge is -2.43. The lowest BCUT2D eigenvalue weighted by atomic mass is 10.0. The van der Waals surface area contributed by atoms with Gasteiger partial charge in [-0.3, -0.25) is 0 Å². The van der Waals surface area contributed by atoms with E-state index in [0.717, 1.165) is 0 Å². The Kier molecular flexibility index (Phi) is 9.41. The maximum Gasteiger partial charge on any atom is 0.398 e. The van der Waals surface area contributed by atoms with Crippen LogP contribution in [0.1, 0.15) is 41.5 Å². The van der Waals surface area contributed by atoms with Crippen molar-refractivity contribution < 1.29 is 50.3 Å². The lowest BCUT2D eigenvalue weighted by molar-refractivity contribution is -0.338. The van der Waals surface area contributed by atoms with Gasteiger partial charge in [0.25, 0.3) is 5.79 Å². The minimum atomic E-state index is -5.06. The number of carbonyl (C=O) groups excluding carboxylic acids is 1. The zero-order valence-corrected chi connectivity index (χ0v) is 21.9. The molecule has 0 rings (SSSR count). The molecule has 0 bridgehead atoms. The Balaban J connectivity index is 6.21. The lowest BCUT2D eigenvalue weighted by Crippen LogP contribution is -2.67. The molecule has 0 saturated carbocycles. The summed E-state index contributed by atoms with van der Waals surface area (Å²) in [6, 6.07) is 0. The first kappa shape index (κ1) is 29.5. The molecule has 9 nitrogen and oxygen atoms in total. The van der Waals surface area contributed by atoms with Crippen LogP contribution < -0.4 is 0 Å². The van der Waals surface area contributed by atoms with Crippen LogP contribution in [0.15, 0.2) is 0 Å². The molecule has 0 heterocycles. The highest BCUT2D eigenvalue weighted by atomic mass is 32.2. The van der Waals surface area contributed by atoms with E-state index >= 15 is 0 Å². The van der Waals surface area contributed by atoms with Crippen molar-refractivity contribution in [2.45, 2.75) is 88.8 Å². The van der Waals surface area contributed by atoms with Gasteiger partial charge in [0.2, 0.25) is 0 Å². The summed E-state index contributed by atoms with van der Waals surface area (Å²) in [5.41, 5.74) is 0. The molecule has 0 fully saturated rings. The molecule has 0 aliphatic heterocycles. The summed E-state index contributed by atoms with van der Waals surface area (Å²) in [4.78, 5) is 11.9. The molecule has 3 unspecified atom stereocenters. The van der Waals surface area contributed by atoms with Gasteiger partial charge >= 0.3 is 22.0 Å². The predicted molar refractivity (Wildman–Crippen MR) is 110 cm³/mol. The Bertz CT molecular complexity index is 706. The Labute approximate surface area is 179 Å². The van der Waals surface area contributed by atoms with E-state index in [1.165, 1.54) is 6.55 Å². The maximum absolute atomic E-state index is 14.9. The molecule has 30 heavy (non-hydrogen) atoms. The molecule has 0 aliphatic carbocycles. The van der Waals surface area contributed by atoms with Gasteiger partial charge < -0.3 is 28.4 Å². The van der Waals surface area contributed by atoms with E-state index in [2.05, 4.69) is 4.18 Å². The van der Waals surface area contributed by atoms with E-state index in [1.807, 2.05) is 0 Å². The first-order valence-corrected chi connectivity index (χ1v) is 15.4. The number of aliphatic hydroxyl groups excluding tert-OH is 2. The summed E-state index contributed by atoms with van der Waals surface area (Å²) in [5, 5.41) is 30.1. The number of halogens is 2. The van der Waals surface area contributed by atoms with Gasteiger partial charge in [0.05, 0.1) is 6.26 Å². The predicted octanol–water partition coefficient (Wildman–Crippen LogP) is 0.833. The number of hydrogen-bond acceptors (Lipinski definition) is 9. The van der Waals surface area contributed by atoms with Crippen molar-refractivity contribution in [2.24, 2.45) is 0 Å². The van der Waals surface area contributed by atoms with Crippen LogP contribution in [0.5, 0.6) is 0 Å². The van der Waals surface area contributed by atoms with Crippen LogP contribution >= 0.6 is 0 Å². The van der Waals surface area contributed by atoms with E-state index < -0.39 is 68.3 Å². The van der Waals surface area contributed by atoms with Gasteiger partial charge in [-0.25, -0.2) is 4.79 Å². The Morgan fingerprint density at radius 3 is 1.70 bits per heavy atom. The average Bonchev–Trinajstić information content (AvgIpc) is 2.49. The largest absolute Gasteiger partial charge is 0.398 e. The topological polar surface area (TPSA) is 140 Å². The monoisotopic (exact) mass is 496 g/mol. The molecule has 3 N–H and O–H groups in total. The summed E-state index contributed by atoms with van der Waals surface area (Å²) >= 11 is 0. The quantitative estimate of drug-likeness (QED) is 0.241. The number of aliphatic hydroxyl groups is 3. The SMILES string of the molecule is C[SiH](OC(O)[C@@H](O)[C@](O)(O[SiH](C)C(C)(C)C)C(F)(F)C(=O)OS(C)(=O)=O)C(C)(C)C. The van der Waals surface area contributed by atoms with Crippen LogP contribution in [0.25, 0.3) is 0 Å². The second-order valence-electron chi connectivity index (χ2n) is 9.45. The van der Waals surface area contributed by atoms with Crippen LogP contribution in [0.2, 0.25) is 23.2 Å². The molecule has 180 valence electrons. The van der Waals surface area contributed by atoms with Crippen LogP contribution in [-0.4, -0.2) is 78.1 Å². The van der Waals surface area contributed by atoms with E-state index in [4.69, 9.17) is 8.85 Å². The van der Waals surface area contributed by atoms with Crippen molar-refractivity contribution >= 4 is 34.2 Å². The molecule has 14 heteroatoms. The first-order valence-electron chi connectivity index (χ1n) is 9.20. The van der Waals surface area contributed by atoms with Gasteiger partial charge in [-0.15, -0.1) is 0 Å². The minimum absolute atomic E-state index is 0.360. The van der Waals surface area contributed by atoms with Crippen LogP contribution in [-0.2, 0) is 27.9 Å². The van der Waals surface area contributed by atoms with Crippen molar-refractivity contribution in [3.05, 3.63) is 0 Å². The Morgan fingerprint density at radius 1 is 0.967 bits per heavy atom. The third-order valence-electron chi connectivity index (χ3n) is 4.74. The molecule has 0 amide bonds. The molecule has 0 aromatic carbocycles. The first-order chi connectivity index (χ1) is 13.0. The highest BCUT2D eigenvalue weighted by Crippen LogP contribution is 2.40. The van der Waals surface area contributed by atoms with Gasteiger partial charge in [0.1, 0.15) is 0 Å². The zero-order chi connectivity index (χ0) is 24.5. The average molecular weight is 497 g/mol. The molecule has 0 aliphatic rings. The molecule has 0 aromatic rings. The van der Waals surface area contributed by atoms with Crippen LogP contribution in [0.3, 0.4) is 0 Å². The molecule has 0 radical (unpaired) electrons. The molecule has 0 saturated heterocycles. The van der Waals surface area contributed by atoms with Gasteiger partial charge in [-0.2, -0.15) is 17.2 Å². The smallest absolute Gasteiger partial charge is 0.393 e. The summed E-state index contributed by atoms with van der Waals surface area (Å²) in [5.74, 6) is -11.7. The highest BCUT2D eigenvalue weighted by molar-refractivity contribution is 7.86. The standard InChI is InChI=1S/C16H34F2O9SSi2/c1-13(2,3)29(8)26-11(20)10(19)16(22,27-30(9)14(4,5)6)15(17,18)12(21)25-28(7,23)24/h10-11,19-20,22,29-30H,1-9H3/t10-,11?,16+,29?,30?/m1/s1. The second-order valence-corrected chi connectivity index (χ2v) is 17.6. The summed E-state index contributed by atoms with van der Waals surface area (Å²) in [6.45, 7) is 13.3. The van der Waals surface area contributed by atoms with Gasteiger partial charge in [0.15, 0.2) is 30.5 Å². The van der Waals surface area contributed by atoms with Gasteiger partial charge in [-0.1, -0.05) is 41.5 Å². The summed E-state index contributed by atoms with van der Waals surface area (Å²) < 4.78 is 66.2. The Hall–Kier alpha value is -0.486. The van der Waals surface area contributed by atoms with Gasteiger partial charge in [0, 0.05) is 0 Å². The molecule has 5 atom stereocenters. The van der Waals surface area contributed by atoms with Crippen LogP contribution in [0, 0.1) is 0 Å². The second kappa shape index (κ2) is 9.56. The van der Waals surface area contributed by atoms with Crippen molar-refractivity contribution in [2.75, 3.05) is 6.26 Å². The zero-order valence-electron chi connectivity index (χ0n) is 18.8. The fraction of sp³-hybridized carbons (Fsp3) is 0.938. The summed E-state index contributed by atoms with van der Waals surface area (Å²) in [6.07, 6.45) is -4.79. The third-order valence-corrected chi connectivity index (χ3v) is 11.5. The van der Waals surface area contributed by atoms with Crippen molar-refractivity contribution in [1.29, 1.82) is 0 Å². The normalized spacial score (nSPS) is 20.1. The van der Waals surface area contributed by atoms with Crippen LogP contribution in [0.4, 0.5) is 8.78 Å². The van der Waals surface area contributed by atoms with E-state index in [1.54, 1.807) is 48.1 Å². The van der Waals surface area contributed by atoms with Crippen molar-refractivity contribution in [3.8, 4) is 0 Å². The minimum Gasteiger partial charge on any atom is -0.393 e. The van der Waals surface area contributed by atoms with E-state index in [9.17, 15) is 37.3 Å². The number of carbonyl (C=O) groups is 1. The highest BCUT2D eigenvalue weighted by Gasteiger charge is 2.68. The molecular formula is C16H34F2O9SSi2. The van der Waals surface area contributed by atoms with Crippen molar-refractivity contribution in [3.63, 3.8) is 0 Å². The fourth-order valence-corrected chi connectivity index (χ4v) is 4.33. The molecule has 0 spiro atoms. The van der Waals surface area contributed by atoms with E-state index in [-0.39, 0.29) is 0 Å².